The van der Waals surface area contributed by atoms with Crippen LogP contribution in [0.15, 0.2) is 61.3 Å². The number of H-pyrrole nitrogens is 1. The van der Waals surface area contributed by atoms with Crippen LogP contribution in [0.1, 0.15) is 18.7 Å². The molecule has 28 heavy (non-hydrogen) atoms. The predicted molar refractivity (Wildman–Crippen MR) is 104 cm³/mol. The van der Waals surface area contributed by atoms with E-state index in [4.69, 9.17) is 4.98 Å². The number of fused-ring (bicyclic) bond motifs is 2. The average Bonchev–Trinajstić information content (AvgIpc) is 3.33. The number of nitrogens with zero attached hydrogens (tertiary/aromatic N) is 5. The van der Waals surface area contributed by atoms with Crippen LogP contribution >= 0.6 is 0 Å². The number of aromatic amines is 1. The van der Waals surface area contributed by atoms with Crippen molar-refractivity contribution in [3.05, 3.63) is 72.8 Å². The Morgan fingerprint density at radius 1 is 1.07 bits per heavy atom. The second-order valence-corrected chi connectivity index (χ2v) is 6.44. The number of pyridine rings is 1. The Balaban J connectivity index is 1.65. The van der Waals surface area contributed by atoms with Crippen molar-refractivity contribution < 1.29 is 4.39 Å². The van der Waals surface area contributed by atoms with Gasteiger partial charge in [-0.05, 0) is 31.2 Å². The van der Waals surface area contributed by atoms with Crippen molar-refractivity contribution in [3.63, 3.8) is 0 Å². The lowest BCUT2D eigenvalue weighted by Crippen LogP contribution is -2.10. The third-order valence-corrected chi connectivity index (χ3v) is 4.67. The summed E-state index contributed by atoms with van der Waals surface area (Å²) in [5, 5.41) is 3.35. The first-order valence-electron chi connectivity index (χ1n) is 8.85. The lowest BCUT2D eigenvalue weighted by Gasteiger charge is -2.15. The second-order valence-electron chi connectivity index (χ2n) is 6.44. The van der Waals surface area contributed by atoms with Gasteiger partial charge in [-0.25, -0.2) is 24.3 Å². The Hall–Kier alpha value is -3.81. The maximum atomic E-state index is 14.6. The van der Waals surface area contributed by atoms with Crippen molar-refractivity contribution in [1.82, 2.24) is 29.3 Å². The number of hydrogen-bond acceptors (Lipinski definition) is 5. The number of anilines is 1. The van der Waals surface area contributed by atoms with E-state index in [0.717, 1.165) is 11.3 Å². The molecule has 0 amide bonds. The van der Waals surface area contributed by atoms with Crippen molar-refractivity contribution in [2.45, 2.75) is 13.0 Å². The van der Waals surface area contributed by atoms with Gasteiger partial charge in [0.1, 0.15) is 23.3 Å². The van der Waals surface area contributed by atoms with E-state index in [-0.39, 0.29) is 11.9 Å². The summed E-state index contributed by atoms with van der Waals surface area (Å²) in [6, 6.07) is 12.2. The van der Waals surface area contributed by atoms with Crippen LogP contribution in [-0.2, 0) is 0 Å². The molecular formula is C20H16FN7. The van der Waals surface area contributed by atoms with Gasteiger partial charge in [0.2, 0.25) is 0 Å². The molecule has 0 aliphatic heterocycles. The summed E-state index contributed by atoms with van der Waals surface area (Å²) in [7, 11) is 0. The lowest BCUT2D eigenvalue weighted by atomic mass is 10.1. The topological polar surface area (TPSA) is 83.8 Å². The average molecular weight is 373 g/mol. The zero-order chi connectivity index (χ0) is 19.1. The summed E-state index contributed by atoms with van der Waals surface area (Å²) in [6.07, 6.45) is 4.93. The quantitative estimate of drug-likeness (QED) is 0.498. The summed E-state index contributed by atoms with van der Waals surface area (Å²) >= 11 is 0. The number of nitrogens with one attached hydrogen (secondary N) is 2. The molecule has 0 aliphatic carbocycles. The van der Waals surface area contributed by atoms with Gasteiger partial charge in [-0.15, -0.1) is 0 Å². The van der Waals surface area contributed by atoms with Gasteiger partial charge in [0.25, 0.3) is 0 Å². The van der Waals surface area contributed by atoms with Gasteiger partial charge in [0, 0.05) is 11.8 Å². The summed E-state index contributed by atoms with van der Waals surface area (Å²) < 4.78 is 16.5. The smallest absolute Gasteiger partial charge is 0.162 e. The minimum Gasteiger partial charge on any atom is -0.360 e. The third kappa shape index (κ3) is 2.58. The van der Waals surface area contributed by atoms with Gasteiger partial charge in [0.05, 0.1) is 23.8 Å². The van der Waals surface area contributed by atoms with Crippen LogP contribution in [0.2, 0.25) is 0 Å². The highest BCUT2D eigenvalue weighted by molar-refractivity contribution is 5.82. The molecule has 2 N–H and O–H groups in total. The Morgan fingerprint density at radius 2 is 1.93 bits per heavy atom. The van der Waals surface area contributed by atoms with E-state index < -0.39 is 0 Å². The van der Waals surface area contributed by atoms with Crippen LogP contribution in [0.4, 0.5) is 10.2 Å². The molecule has 0 aliphatic rings. The van der Waals surface area contributed by atoms with Crippen molar-refractivity contribution in [2.75, 3.05) is 5.32 Å². The second kappa shape index (κ2) is 6.41. The highest BCUT2D eigenvalue weighted by Crippen LogP contribution is 2.32. The van der Waals surface area contributed by atoms with E-state index in [0.29, 0.717) is 28.2 Å². The molecule has 1 atom stereocenters. The number of rotatable bonds is 4. The van der Waals surface area contributed by atoms with Crippen LogP contribution in [0.3, 0.4) is 0 Å². The van der Waals surface area contributed by atoms with Gasteiger partial charge in [-0.2, -0.15) is 0 Å². The first-order chi connectivity index (χ1) is 13.7. The molecule has 4 aromatic heterocycles. The number of imidazole rings is 2. The number of halogens is 1. The molecule has 0 radical (unpaired) electrons. The zero-order valence-corrected chi connectivity index (χ0v) is 15.0. The first-order valence-corrected chi connectivity index (χ1v) is 8.85. The molecule has 0 bridgehead atoms. The van der Waals surface area contributed by atoms with Crippen molar-refractivity contribution >= 4 is 22.6 Å². The van der Waals surface area contributed by atoms with Crippen LogP contribution in [0.25, 0.3) is 28.1 Å². The molecule has 4 heterocycles. The first kappa shape index (κ1) is 16.4. The summed E-state index contributed by atoms with van der Waals surface area (Å²) in [5.41, 5.74) is 3.97. The largest absolute Gasteiger partial charge is 0.360 e. The molecule has 5 rings (SSSR count). The lowest BCUT2D eigenvalue weighted by molar-refractivity contribution is 0.630. The molecule has 0 spiro atoms. The monoisotopic (exact) mass is 373 g/mol. The van der Waals surface area contributed by atoms with Crippen LogP contribution < -0.4 is 5.32 Å². The van der Waals surface area contributed by atoms with Crippen molar-refractivity contribution in [1.29, 1.82) is 0 Å². The Bertz CT molecular complexity index is 1290. The maximum absolute atomic E-state index is 14.6. The van der Waals surface area contributed by atoms with E-state index in [1.165, 1.54) is 12.4 Å². The fraction of sp³-hybridized carbons (Fsp3) is 0.100. The normalized spacial score (nSPS) is 12.5. The van der Waals surface area contributed by atoms with Crippen LogP contribution in [-0.4, -0.2) is 29.3 Å². The van der Waals surface area contributed by atoms with E-state index >= 15 is 0 Å². The number of hydrogen-bond donors (Lipinski definition) is 2. The van der Waals surface area contributed by atoms with Crippen LogP contribution in [0.5, 0.6) is 0 Å². The zero-order valence-electron chi connectivity index (χ0n) is 15.0. The number of benzene rings is 1. The minimum absolute atomic E-state index is 0.246. The molecule has 0 saturated heterocycles. The van der Waals surface area contributed by atoms with Gasteiger partial charge >= 0.3 is 0 Å². The Kier molecular flexibility index (Phi) is 3.75. The molecule has 5 aromatic rings. The third-order valence-electron chi connectivity index (χ3n) is 4.67. The molecule has 1 aromatic carbocycles. The molecule has 8 heteroatoms. The Morgan fingerprint density at radius 3 is 2.82 bits per heavy atom. The highest BCUT2D eigenvalue weighted by atomic mass is 19.1. The van der Waals surface area contributed by atoms with E-state index in [1.54, 1.807) is 18.5 Å². The minimum atomic E-state index is -0.293. The van der Waals surface area contributed by atoms with Crippen LogP contribution in [0, 0.1) is 5.82 Å². The molecule has 7 nitrogen and oxygen atoms in total. The van der Waals surface area contributed by atoms with Gasteiger partial charge in [0.15, 0.2) is 11.5 Å². The molecular weight excluding hydrogens is 357 g/mol. The van der Waals surface area contributed by atoms with E-state index in [9.17, 15) is 4.39 Å². The fourth-order valence-electron chi connectivity index (χ4n) is 3.38. The van der Waals surface area contributed by atoms with Crippen molar-refractivity contribution in [2.24, 2.45) is 0 Å². The maximum Gasteiger partial charge on any atom is 0.162 e. The summed E-state index contributed by atoms with van der Waals surface area (Å²) in [5.74, 6) is 0.300. The highest BCUT2D eigenvalue weighted by Gasteiger charge is 2.22. The predicted octanol–water partition coefficient (Wildman–Crippen LogP) is 3.98. The SMILES string of the molecule is CC(Nc1ncnc2[nH]cnc12)c1nc2ccccn2c1-c1ccccc1F. The number of aromatic nitrogens is 6. The fourth-order valence-corrected chi connectivity index (χ4v) is 3.38. The summed E-state index contributed by atoms with van der Waals surface area (Å²) in [6.45, 7) is 1.96. The molecule has 0 saturated carbocycles. The standard InChI is InChI=1S/C20H16FN7/c1-12(26-20-17-19(23-10-22-17)24-11-25-20)16-18(13-6-2-3-7-14(13)21)28-9-5-4-8-15(28)27-16/h2-12H,1H3,(H2,22,23,24,25,26). The summed E-state index contributed by atoms with van der Waals surface area (Å²) in [4.78, 5) is 20.5. The van der Waals surface area contributed by atoms with Gasteiger partial charge < -0.3 is 10.3 Å². The van der Waals surface area contributed by atoms with Gasteiger partial charge in [-0.1, -0.05) is 18.2 Å². The Labute approximate surface area is 159 Å². The van der Waals surface area contributed by atoms with E-state index in [1.807, 2.05) is 41.8 Å². The molecule has 1 unspecified atom stereocenters. The van der Waals surface area contributed by atoms with Crippen molar-refractivity contribution in [3.8, 4) is 11.3 Å². The molecule has 0 fully saturated rings. The van der Waals surface area contributed by atoms with E-state index in [2.05, 4.69) is 25.3 Å². The molecule has 138 valence electrons. The van der Waals surface area contributed by atoms with Gasteiger partial charge in [-0.3, -0.25) is 4.40 Å².